The second-order valence-corrected chi connectivity index (χ2v) is 21.5. The van der Waals surface area contributed by atoms with Crippen molar-refractivity contribution in [1.29, 1.82) is 0 Å². The maximum atomic E-state index is 13.7. The van der Waals surface area contributed by atoms with Gasteiger partial charge in [-0.25, -0.2) is 19.9 Å². The first-order valence-electron chi connectivity index (χ1n) is 30.7. The zero-order chi connectivity index (χ0) is 61.3. The van der Waals surface area contributed by atoms with E-state index in [1.54, 1.807) is 7.05 Å². The third kappa shape index (κ3) is 22.3. The van der Waals surface area contributed by atoms with Crippen LogP contribution < -0.4 is 40.9 Å². The van der Waals surface area contributed by atoms with Crippen molar-refractivity contribution in [3.05, 3.63) is 94.8 Å². The lowest BCUT2D eigenvalue weighted by Crippen LogP contribution is -2.45. The monoisotopic (exact) mass is 1170 g/mol. The molecule has 7 rings (SSSR count). The average molecular weight is 1170 g/mol. The number of unbranched alkanes of at least 4 members (excludes halogenated alkanes) is 6. The molecule has 462 valence electrons. The molecule has 0 aliphatic carbocycles. The summed E-state index contributed by atoms with van der Waals surface area (Å²) in [6.07, 6.45) is 9.63. The van der Waals surface area contributed by atoms with Gasteiger partial charge in [-0.1, -0.05) is 64.2 Å². The molecule has 0 spiro atoms. The number of anilines is 4. The molecular weight excluding hydrogens is 1070 g/mol. The quantitative estimate of drug-likeness (QED) is 0.0395. The number of amides is 3. The molecule has 20 nitrogen and oxygen atoms in total. The van der Waals surface area contributed by atoms with E-state index in [0.29, 0.717) is 92.7 Å². The third-order valence-corrected chi connectivity index (χ3v) is 15.0. The summed E-state index contributed by atoms with van der Waals surface area (Å²) in [6.45, 7) is 26.1. The number of aromatic nitrogens is 4. The number of ether oxygens (including phenoxy) is 2. The molecule has 0 radical (unpaired) electrons. The van der Waals surface area contributed by atoms with Gasteiger partial charge in [-0.3, -0.25) is 24.2 Å². The van der Waals surface area contributed by atoms with Crippen molar-refractivity contribution in [3.63, 3.8) is 0 Å². The van der Waals surface area contributed by atoms with Crippen LogP contribution in [-0.2, 0) is 19.1 Å². The minimum absolute atomic E-state index is 0.116. The van der Waals surface area contributed by atoms with Gasteiger partial charge in [-0.2, -0.15) is 0 Å². The number of benzene rings is 2. The fourth-order valence-electron chi connectivity index (χ4n) is 10.2. The SMILES string of the molecule is C=O.CCCCCCN(CC)c1cc(C(C)NC(=O)c2ccc(N3CCOCC3)cc2)nc(C#CCN2CCCN(CC#Cc3nc([C@H](C)NC(=O)c4ccc(N5CCOCC5)cc4)cc(N(CCCCCC)[C@@H](C)C(=O)NC)n3)C2)n1.CNC. The molecule has 3 aliphatic rings. The van der Waals surface area contributed by atoms with Crippen LogP contribution in [0.5, 0.6) is 0 Å². The third-order valence-electron chi connectivity index (χ3n) is 15.0. The first kappa shape index (κ1) is 68.6. The summed E-state index contributed by atoms with van der Waals surface area (Å²) in [5.74, 6) is 15.0. The number of hydrogen-bond acceptors (Lipinski definition) is 17. The maximum Gasteiger partial charge on any atom is 0.251 e. The standard InChI is InChI=1S/C62H87N13O5.C2H7N.CH2O/c1-8-11-13-15-34-72(10-3)58-44-54(47(4)64-61(77)50-22-26-52(27-23-50)73-36-40-79-41-37-73)66-56(68-58)20-17-30-70-32-19-33-71(46-70)31-18-21-57-67-55(45-59(69-57)75(35-16-14-12-9-2)49(6)60(76)63-7)48(5)65-62(78)51-24-28-53(29-25-51)74-38-42-80-43-39-74;1-3-2;1-2/h22-29,44-45,47-49H,8-16,19,30-43,46H2,1-7H3,(H,63,76)(H,64,77)(H,65,78);3H,1-2H3;1H2/t47?,48-,49-;;/m0../s1. The molecular formula is C65H96N14O6. The average Bonchev–Trinajstić information content (AvgIpc) is 3.36. The van der Waals surface area contributed by atoms with Crippen molar-refractivity contribution in [3.8, 4) is 23.7 Å². The van der Waals surface area contributed by atoms with E-state index < -0.39 is 18.1 Å². The summed E-state index contributed by atoms with van der Waals surface area (Å²) in [5.41, 5.74) is 4.59. The van der Waals surface area contributed by atoms with Crippen molar-refractivity contribution in [2.45, 2.75) is 117 Å². The van der Waals surface area contributed by atoms with Crippen molar-refractivity contribution in [2.75, 3.05) is 146 Å². The van der Waals surface area contributed by atoms with Gasteiger partial charge in [0.25, 0.3) is 11.8 Å². The Morgan fingerprint density at radius 1 is 0.600 bits per heavy atom. The number of rotatable bonds is 25. The normalized spacial score (nSPS) is 15.4. The van der Waals surface area contributed by atoms with Crippen LogP contribution in [0.1, 0.15) is 155 Å². The summed E-state index contributed by atoms with van der Waals surface area (Å²) >= 11 is 0. The van der Waals surface area contributed by atoms with Crippen LogP contribution in [0.3, 0.4) is 0 Å². The summed E-state index contributed by atoms with van der Waals surface area (Å²) in [7, 11) is 5.40. The first-order chi connectivity index (χ1) is 41.4. The molecule has 0 bridgehead atoms. The molecule has 2 aromatic carbocycles. The Labute approximate surface area is 507 Å². The molecule has 0 saturated carbocycles. The van der Waals surface area contributed by atoms with E-state index in [2.05, 4.69) is 90.2 Å². The molecule has 1 unspecified atom stereocenters. The number of hydrogen-bond donors (Lipinski definition) is 4. The Hall–Kier alpha value is -7.20. The number of nitrogens with one attached hydrogen (secondary N) is 4. The van der Waals surface area contributed by atoms with Crippen molar-refractivity contribution in [2.24, 2.45) is 0 Å². The van der Waals surface area contributed by atoms with Crippen LogP contribution in [0.25, 0.3) is 0 Å². The minimum atomic E-state index is -0.502. The molecule has 3 saturated heterocycles. The van der Waals surface area contributed by atoms with Crippen molar-refractivity contribution >= 4 is 47.5 Å². The lowest BCUT2D eigenvalue weighted by molar-refractivity contribution is -0.121. The van der Waals surface area contributed by atoms with Gasteiger partial charge < -0.3 is 55.1 Å². The highest BCUT2D eigenvalue weighted by molar-refractivity contribution is 5.95. The number of carbonyl (C=O) groups excluding carboxylic acids is 4. The van der Waals surface area contributed by atoms with Crippen LogP contribution in [0, 0.1) is 23.7 Å². The topological polar surface area (TPSA) is 206 Å². The second kappa shape index (κ2) is 38.0. The maximum absolute atomic E-state index is 13.7. The fourth-order valence-corrected chi connectivity index (χ4v) is 10.2. The number of nitrogens with zero attached hydrogens (tertiary/aromatic N) is 10. The Morgan fingerprint density at radius 2 is 1.04 bits per heavy atom. The predicted octanol–water partition coefficient (Wildman–Crippen LogP) is 6.87. The van der Waals surface area contributed by atoms with E-state index in [-0.39, 0.29) is 17.7 Å². The van der Waals surface area contributed by atoms with Crippen LogP contribution in [0.4, 0.5) is 23.0 Å². The molecule has 3 atom stereocenters. The van der Waals surface area contributed by atoms with Crippen LogP contribution in [-0.4, -0.2) is 187 Å². The zero-order valence-corrected chi connectivity index (χ0v) is 52.3. The van der Waals surface area contributed by atoms with Crippen LogP contribution in [0.15, 0.2) is 60.7 Å². The number of likely N-dealkylation sites (N-methyl/N-ethyl adjacent to an activating group) is 1. The van der Waals surface area contributed by atoms with E-state index >= 15 is 0 Å². The van der Waals surface area contributed by atoms with Gasteiger partial charge in [0.15, 0.2) is 0 Å². The van der Waals surface area contributed by atoms with Gasteiger partial charge in [0.2, 0.25) is 17.6 Å². The summed E-state index contributed by atoms with van der Waals surface area (Å²) in [6, 6.07) is 17.9. The Kier molecular flexibility index (Phi) is 30.6. The second-order valence-electron chi connectivity index (χ2n) is 21.5. The van der Waals surface area contributed by atoms with Crippen LogP contribution in [0.2, 0.25) is 0 Å². The number of carbonyl (C=O) groups is 4. The first-order valence-corrected chi connectivity index (χ1v) is 30.7. The van der Waals surface area contributed by atoms with Crippen molar-refractivity contribution in [1.82, 2.24) is 51.0 Å². The Morgan fingerprint density at radius 3 is 1.47 bits per heavy atom. The fraction of sp³-hybridized carbons (Fsp3) is 0.569. The summed E-state index contributed by atoms with van der Waals surface area (Å²) < 4.78 is 11.0. The van der Waals surface area contributed by atoms with E-state index in [4.69, 9.17) is 34.2 Å². The molecule has 2 aromatic heterocycles. The minimum Gasteiger partial charge on any atom is -0.378 e. The predicted molar refractivity (Wildman–Crippen MR) is 340 cm³/mol. The molecule has 3 amide bonds. The van der Waals surface area contributed by atoms with Crippen LogP contribution >= 0.6 is 0 Å². The molecule has 3 aliphatic heterocycles. The molecule has 20 heteroatoms. The van der Waals surface area contributed by atoms with Gasteiger partial charge in [0.1, 0.15) is 24.5 Å². The number of morpholine rings is 2. The molecule has 85 heavy (non-hydrogen) atoms. The van der Waals surface area contributed by atoms with Gasteiger partial charge in [0.05, 0.1) is 69.7 Å². The zero-order valence-electron chi connectivity index (χ0n) is 52.3. The Bertz CT molecular complexity index is 2770. The van der Waals surface area contributed by atoms with Gasteiger partial charge in [-0.05, 0) is 121 Å². The highest BCUT2D eigenvalue weighted by atomic mass is 16.5. The van der Waals surface area contributed by atoms with E-state index in [1.165, 1.54) is 12.8 Å². The molecule has 4 aromatic rings. The molecule has 3 fully saturated rings. The summed E-state index contributed by atoms with van der Waals surface area (Å²) in [4.78, 5) is 81.7. The van der Waals surface area contributed by atoms with Gasteiger partial charge >= 0.3 is 0 Å². The largest absolute Gasteiger partial charge is 0.378 e. The van der Waals surface area contributed by atoms with Gasteiger partial charge in [0, 0.05) is 101 Å². The Balaban J connectivity index is 0.00000256. The van der Waals surface area contributed by atoms with E-state index in [0.717, 1.165) is 114 Å². The van der Waals surface area contributed by atoms with E-state index in [9.17, 15) is 14.4 Å². The van der Waals surface area contributed by atoms with Crippen molar-refractivity contribution < 1.29 is 28.7 Å². The molecule has 4 N–H and O–H groups in total. The highest BCUT2D eigenvalue weighted by Gasteiger charge is 2.25. The lowest BCUT2D eigenvalue weighted by Gasteiger charge is -2.33. The van der Waals surface area contributed by atoms with E-state index in [1.807, 2.05) is 107 Å². The van der Waals surface area contributed by atoms with Gasteiger partial charge in [-0.15, -0.1) is 0 Å². The highest BCUT2D eigenvalue weighted by Crippen LogP contribution is 2.25. The lowest BCUT2D eigenvalue weighted by atomic mass is 10.1. The smallest absolute Gasteiger partial charge is 0.251 e. The molecule has 5 heterocycles. The summed E-state index contributed by atoms with van der Waals surface area (Å²) in [5, 5.41) is 11.9.